The van der Waals surface area contributed by atoms with E-state index in [0.29, 0.717) is 42.9 Å². The number of halogens is 3. The second kappa shape index (κ2) is 10.4. The van der Waals surface area contributed by atoms with Crippen LogP contribution in [0, 0.1) is 13.8 Å². The van der Waals surface area contributed by atoms with E-state index in [2.05, 4.69) is 10.3 Å². The number of aryl methyl sites for hydroxylation is 2. The summed E-state index contributed by atoms with van der Waals surface area (Å²) in [5.41, 5.74) is 0.957. The molecule has 0 bridgehead atoms. The Balaban J connectivity index is 1.39. The Bertz CT molecular complexity index is 1250. The van der Waals surface area contributed by atoms with Crippen molar-refractivity contribution < 1.29 is 27.5 Å². The molecule has 36 heavy (non-hydrogen) atoms. The molecule has 2 aromatic carbocycles. The van der Waals surface area contributed by atoms with Crippen LogP contribution in [-0.4, -0.2) is 40.9 Å². The van der Waals surface area contributed by atoms with E-state index in [-0.39, 0.29) is 23.1 Å². The van der Waals surface area contributed by atoms with Crippen molar-refractivity contribution >= 4 is 17.5 Å². The molecule has 188 valence electrons. The Labute approximate surface area is 207 Å². The Hall–Kier alpha value is -3.88. The highest BCUT2D eigenvalue weighted by Gasteiger charge is 2.33. The van der Waals surface area contributed by atoms with Gasteiger partial charge in [-0.05, 0) is 55.3 Å². The van der Waals surface area contributed by atoms with Gasteiger partial charge in [-0.15, -0.1) is 0 Å². The summed E-state index contributed by atoms with van der Waals surface area (Å²) in [6.45, 7) is 4.32. The summed E-state index contributed by atoms with van der Waals surface area (Å²) in [5, 5.41) is 2.66. The summed E-state index contributed by atoms with van der Waals surface area (Å²) >= 11 is 0. The Morgan fingerprint density at radius 3 is 2.39 bits per heavy atom. The zero-order valence-corrected chi connectivity index (χ0v) is 19.9. The number of piperidine rings is 1. The molecular weight excluding hydrogens is 471 g/mol. The second-order valence-electron chi connectivity index (χ2n) is 8.81. The summed E-state index contributed by atoms with van der Waals surface area (Å²) in [5.74, 6) is -0.130. The zero-order chi connectivity index (χ0) is 25.9. The molecular formula is C27H26F3N3O3. The van der Waals surface area contributed by atoms with Gasteiger partial charge in [-0.2, -0.15) is 13.2 Å². The predicted octanol–water partition coefficient (Wildman–Crippen LogP) is 5.65. The van der Waals surface area contributed by atoms with E-state index in [1.807, 2.05) is 6.92 Å². The Morgan fingerprint density at radius 1 is 1.00 bits per heavy atom. The fraction of sp³-hybridized carbons (Fsp3) is 0.296. The number of pyridine rings is 1. The first-order valence-corrected chi connectivity index (χ1v) is 11.6. The molecule has 1 fully saturated rings. The van der Waals surface area contributed by atoms with E-state index in [0.717, 1.165) is 11.6 Å². The normalized spacial score (nSPS) is 14.4. The largest absolute Gasteiger partial charge is 0.490 e. The summed E-state index contributed by atoms with van der Waals surface area (Å²) in [7, 11) is 0. The second-order valence-corrected chi connectivity index (χ2v) is 8.81. The maximum atomic E-state index is 13.2. The number of nitrogens with zero attached hydrogens (tertiary/aromatic N) is 2. The number of benzene rings is 2. The average Bonchev–Trinajstić information content (AvgIpc) is 2.86. The molecule has 0 aliphatic carbocycles. The predicted molar refractivity (Wildman–Crippen MR) is 129 cm³/mol. The van der Waals surface area contributed by atoms with Crippen molar-refractivity contribution in [2.45, 2.75) is 39.0 Å². The highest BCUT2D eigenvalue weighted by Crippen LogP contribution is 2.33. The molecule has 0 atom stereocenters. The highest BCUT2D eigenvalue weighted by atomic mass is 19.4. The topological polar surface area (TPSA) is 71.5 Å². The molecule has 1 aliphatic heterocycles. The number of amides is 2. The third kappa shape index (κ3) is 5.84. The highest BCUT2D eigenvalue weighted by molar-refractivity contribution is 6.04. The molecule has 0 saturated carbocycles. The van der Waals surface area contributed by atoms with Gasteiger partial charge in [0.1, 0.15) is 11.9 Å². The number of ether oxygens (including phenoxy) is 1. The number of likely N-dealkylation sites (tertiary alicyclic amines) is 1. The van der Waals surface area contributed by atoms with Crippen molar-refractivity contribution in [3.8, 4) is 5.75 Å². The molecule has 6 nitrogen and oxygen atoms in total. The van der Waals surface area contributed by atoms with Crippen LogP contribution in [0.4, 0.5) is 18.9 Å². The van der Waals surface area contributed by atoms with Crippen LogP contribution < -0.4 is 10.1 Å². The molecule has 0 spiro atoms. The number of hydrogen-bond acceptors (Lipinski definition) is 4. The van der Waals surface area contributed by atoms with E-state index >= 15 is 0 Å². The molecule has 9 heteroatoms. The third-order valence-corrected chi connectivity index (χ3v) is 6.18. The van der Waals surface area contributed by atoms with Gasteiger partial charge < -0.3 is 15.0 Å². The molecule has 2 heterocycles. The van der Waals surface area contributed by atoms with Crippen LogP contribution in [0.2, 0.25) is 0 Å². The first-order chi connectivity index (χ1) is 17.1. The standard InChI is InChI=1S/C27H26F3N3O3/c1-17-5-7-19(14-23(17)27(28,29)30)25(34)32-21-8-6-18(2)24(15-21)36-22-9-12-33(13-10-22)26(35)20-4-3-11-31-16-20/h3-8,11,14-16,22H,9-10,12-13H2,1-2H3,(H,32,34). The van der Waals surface area contributed by atoms with E-state index in [9.17, 15) is 22.8 Å². The van der Waals surface area contributed by atoms with E-state index in [4.69, 9.17) is 4.74 Å². The van der Waals surface area contributed by atoms with Crippen LogP contribution in [-0.2, 0) is 6.18 Å². The number of rotatable bonds is 5. The number of carbonyl (C=O) groups is 2. The minimum absolute atomic E-state index is 0.0539. The minimum Gasteiger partial charge on any atom is -0.490 e. The lowest BCUT2D eigenvalue weighted by atomic mass is 10.0. The van der Waals surface area contributed by atoms with Gasteiger partial charge in [-0.3, -0.25) is 14.6 Å². The summed E-state index contributed by atoms with van der Waals surface area (Å²) in [6, 6.07) is 12.1. The lowest BCUT2D eigenvalue weighted by Crippen LogP contribution is -2.41. The van der Waals surface area contributed by atoms with Crippen LogP contribution in [0.25, 0.3) is 0 Å². The maximum absolute atomic E-state index is 13.2. The fourth-order valence-electron chi connectivity index (χ4n) is 4.10. The quantitative estimate of drug-likeness (QED) is 0.494. The van der Waals surface area contributed by atoms with Crippen molar-refractivity contribution in [3.05, 3.63) is 88.7 Å². The number of nitrogens with one attached hydrogen (secondary N) is 1. The van der Waals surface area contributed by atoms with Crippen LogP contribution in [0.1, 0.15) is 50.2 Å². The lowest BCUT2D eigenvalue weighted by Gasteiger charge is -2.32. The van der Waals surface area contributed by atoms with Crippen LogP contribution in [0.3, 0.4) is 0 Å². The fourth-order valence-corrected chi connectivity index (χ4v) is 4.10. The van der Waals surface area contributed by atoms with Crippen molar-refractivity contribution in [1.82, 2.24) is 9.88 Å². The molecule has 1 saturated heterocycles. The van der Waals surface area contributed by atoms with E-state index < -0.39 is 17.6 Å². The first kappa shape index (κ1) is 25.2. The minimum atomic E-state index is -4.54. The third-order valence-electron chi connectivity index (χ3n) is 6.18. The number of carbonyl (C=O) groups excluding carboxylic acids is 2. The van der Waals surface area contributed by atoms with Crippen molar-refractivity contribution in [2.75, 3.05) is 18.4 Å². The summed E-state index contributed by atoms with van der Waals surface area (Å²) < 4.78 is 45.8. The smallest absolute Gasteiger partial charge is 0.416 e. The van der Waals surface area contributed by atoms with Crippen LogP contribution >= 0.6 is 0 Å². The van der Waals surface area contributed by atoms with E-state index in [1.54, 1.807) is 47.6 Å². The molecule has 2 amide bonds. The van der Waals surface area contributed by atoms with Crippen molar-refractivity contribution in [3.63, 3.8) is 0 Å². The van der Waals surface area contributed by atoms with E-state index in [1.165, 1.54) is 19.1 Å². The Morgan fingerprint density at radius 2 is 1.72 bits per heavy atom. The SMILES string of the molecule is Cc1ccc(NC(=O)c2ccc(C)c(C(F)(F)F)c2)cc1OC1CCN(C(=O)c2cccnc2)CC1. The number of aromatic nitrogens is 1. The van der Waals surface area contributed by atoms with Gasteiger partial charge in [0, 0.05) is 55.6 Å². The van der Waals surface area contributed by atoms with Gasteiger partial charge >= 0.3 is 6.18 Å². The van der Waals surface area contributed by atoms with Gasteiger partial charge in [-0.25, -0.2) is 0 Å². The van der Waals surface area contributed by atoms with Crippen molar-refractivity contribution in [1.29, 1.82) is 0 Å². The monoisotopic (exact) mass is 497 g/mol. The number of anilines is 1. The zero-order valence-electron chi connectivity index (χ0n) is 19.9. The molecule has 1 aromatic heterocycles. The van der Waals surface area contributed by atoms with Gasteiger partial charge in [0.05, 0.1) is 11.1 Å². The van der Waals surface area contributed by atoms with Gasteiger partial charge in [-0.1, -0.05) is 12.1 Å². The molecule has 1 N–H and O–H groups in total. The maximum Gasteiger partial charge on any atom is 0.416 e. The Kier molecular flexibility index (Phi) is 7.28. The van der Waals surface area contributed by atoms with Gasteiger partial charge in [0.25, 0.3) is 11.8 Å². The molecule has 4 rings (SSSR count). The first-order valence-electron chi connectivity index (χ1n) is 11.6. The van der Waals surface area contributed by atoms with Crippen LogP contribution in [0.15, 0.2) is 60.9 Å². The molecule has 0 unspecified atom stereocenters. The summed E-state index contributed by atoms with van der Waals surface area (Å²) in [6.07, 6.45) is -0.190. The van der Waals surface area contributed by atoms with Crippen LogP contribution in [0.5, 0.6) is 5.75 Å². The molecule has 1 aliphatic rings. The average molecular weight is 498 g/mol. The van der Waals surface area contributed by atoms with Gasteiger partial charge in [0.15, 0.2) is 0 Å². The number of alkyl halides is 3. The molecule has 3 aromatic rings. The number of hydrogen-bond donors (Lipinski definition) is 1. The van der Waals surface area contributed by atoms with Gasteiger partial charge in [0.2, 0.25) is 0 Å². The summed E-state index contributed by atoms with van der Waals surface area (Å²) in [4.78, 5) is 31.0. The van der Waals surface area contributed by atoms with Crippen molar-refractivity contribution in [2.24, 2.45) is 0 Å². The lowest BCUT2D eigenvalue weighted by molar-refractivity contribution is -0.138. The molecule has 0 radical (unpaired) electrons.